The number of benzene rings is 2. The molecule has 4 aromatic rings. The number of fused-ring (bicyclic) bond motifs is 3. The van der Waals surface area contributed by atoms with E-state index in [1.165, 1.54) is 12.1 Å². The Morgan fingerprint density at radius 1 is 1.13 bits per heavy atom. The SMILES string of the molecule is N#Cc1c(N)sc2c(F)ccc(-c3c(Cl)cc4c(N5CCCCC6(CN(C(=O)[C@H]7C[C@H]7F)C6)C5)nc(OC[C@@]56CCCN5C[C@H](F)C6)nc4c3F)c12. The molecule has 1 saturated carbocycles. The van der Waals surface area contributed by atoms with E-state index in [0.29, 0.717) is 50.3 Å². The molecule has 272 valence electrons. The lowest BCUT2D eigenvalue weighted by Crippen LogP contribution is -2.62. The molecule has 1 spiro atoms. The molecule has 9 rings (SSSR count). The van der Waals surface area contributed by atoms with E-state index in [9.17, 15) is 23.2 Å². The molecule has 9 nitrogen and oxygen atoms in total. The summed E-state index contributed by atoms with van der Waals surface area (Å²) in [4.78, 5) is 28.2. The Bertz CT molecular complexity index is 2190. The molecule has 0 unspecified atom stereocenters. The maximum Gasteiger partial charge on any atom is 0.319 e. The summed E-state index contributed by atoms with van der Waals surface area (Å²) < 4.78 is 66.9. The number of halogens is 5. The van der Waals surface area contributed by atoms with E-state index in [0.717, 1.165) is 50.0 Å². The number of nitriles is 1. The predicted octanol–water partition coefficient (Wildman–Crippen LogP) is 7.03. The van der Waals surface area contributed by atoms with Crippen LogP contribution >= 0.6 is 22.9 Å². The van der Waals surface area contributed by atoms with Crippen molar-refractivity contribution >= 4 is 60.7 Å². The summed E-state index contributed by atoms with van der Waals surface area (Å²) in [6.45, 7) is 3.38. The van der Waals surface area contributed by atoms with Gasteiger partial charge >= 0.3 is 6.01 Å². The zero-order valence-corrected chi connectivity index (χ0v) is 29.8. The summed E-state index contributed by atoms with van der Waals surface area (Å²) in [6.07, 6.45) is 2.88. The number of likely N-dealkylation sites (tertiary alicyclic amines) is 1. The Kier molecular flexibility index (Phi) is 8.02. The topological polar surface area (TPSA) is 112 Å². The van der Waals surface area contributed by atoms with Gasteiger partial charge in [-0.2, -0.15) is 15.2 Å². The van der Waals surface area contributed by atoms with Gasteiger partial charge in [0.05, 0.1) is 26.7 Å². The second kappa shape index (κ2) is 12.3. The Labute approximate surface area is 306 Å². The summed E-state index contributed by atoms with van der Waals surface area (Å²) >= 11 is 7.83. The number of nitrogen functional groups attached to an aromatic ring is 1. The molecule has 2 N–H and O–H groups in total. The minimum atomic E-state index is -1.06. The number of amides is 1. The van der Waals surface area contributed by atoms with Crippen molar-refractivity contribution in [2.45, 2.75) is 62.8 Å². The molecule has 0 radical (unpaired) electrons. The number of nitrogens with two attached hydrogens (primary N) is 1. The van der Waals surface area contributed by atoms with Gasteiger partial charge in [0.15, 0.2) is 5.82 Å². The van der Waals surface area contributed by atoms with Crippen LogP contribution in [0.5, 0.6) is 6.01 Å². The van der Waals surface area contributed by atoms with Gasteiger partial charge in [0.2, 0.25) is 5.91 Å². The second-order valence-electron chi connectivity index (χ2n) is 15.3. The van der Waals surface area contributed by atoms with Crippen molar-refractivity contribution in [3.05, 3.63) is 40.4 Å². The molecule has 4 atom stereocenters. The van der Waals surface area contributed by atoms with Crippen LogP contribution in [0.1, 0.15) is 50.5 Å². The fourth-order valence-corrected chi connectivity index (χ4v) is 10.5. The smallest absolute Gasteiger partial charge is 0.319 e. The molecule has 6 heterocycles. The van der Waals surface area contributed by atoms with Gasteiger partial charge < -0.3 is 20.3 Å². The number of carbonyl (C=O) groups is 1. The highest BCUT2D eigenvalue weighted by molar-refractivity contribution is 7.23. The largest absolute Gasteiger partial charge is 0.461 e. The van der Waals surface area contributed by atoms with E-state index >= 15 is 4.39 Å². The van der Waals surface area contributed by atoms with E-state index in [1.807, 2.05) is 6.07 Å². The number of ether oxygens (including phenoxy) is 1. The van der Waals surface area contributed by atoms with Gasteiger partial charge in [0, 0.05) is 60.9 Å². The Morgan fingerprint density at radius 3 is 2.71 bits per heavy atom. The van der Waals surface area contributed by atoms with Crippen LogP contribution in [0.2, 0.25) is 5.02 Å². The van der Waals surface area contributed by atoms with Crippen molar-refractivity contribution in [3.8, 4) is 23.2 Å². The summed E-state index contributed by atoms with van der Waals surface area (Å²) in [5.74, 6) is -1.64. The molecular weight excluding hydrogens is 718 g/mol. The summed E-state index contributed by atoms with van der Waals surface area (Å²) in [5, 5.41) is 10.6. The number of hydrogen-bond donors (Lipinski definition) is 1. The third kappa shape index (κ3) is 5.37. The van der Waals surface area contributed by atoms with Crippen molar-refractivity contribution in [1.29, 1.82) is 5.26 Å². The Hall–Kier alpha value is -3.93. The first kappa shape index (κ1) is 33.9. The first-order valence-corrected chi connectivity index (χ1v) is 19.0. The molecule has 4 aliphatic heterocycles. The van der Waals surface area contributed by atoms with Crippen molar-refractivity contribution in [3.63, 3.8) is 0 Å². The highest BCUT2D eigenvalue weighted by Crippen LogP contribution is 2.48. The second-order valence-corrected chi connectivity index (χ2v) is 16.8. The molecule has 1 amide bonds. The molecule has 5 aliphatic rings. The van der Waals surface area contributed by atoms with E-state index in [1.54, 1.807) is 11.0 Å². The molecule has 2 aromatic heterocycles. The average Bonchev–Trinajstić information content (AvgIpc) is 3.50. The number of anilines is 2. The Morgan fingerprint density at radius 2 is 1.94 bits per heavy atom. The molecule has 5 fully saturated rings. The quantitative estimate of drug-likeness (QED) is 0.209. The molecule has 15 heteroatoms. The highest BCUT2D eigenvalue weighted by atomic mass is 35.5. The first-order valence-electron chi connectivity index (χ1n) is 17.8. The normalized spacial score (nSPS) is 26.8. The van der Waals surface area contributed by atoms with Crippen LogP contribution in [-0.4, -0.2) is 89.4 Å². The average molecular weight is 754 g/mol. The molecular formula is C37H36ClF4N7O2S. The number of hydrogen-bond acceptors (Lipinski definition) is 9. The minimum absolute atomic E-state index is 0.0145. The zero-order valence-electron chi connectivity index (χ0n) is 28.2. The predicted molar refractivity (Wildman–Crippen MR) is 191 cm³/mol. The zero-order chi connectivity index (χ0) is 36.1. The van der Waals surface area contributed by atoms with E-state index in [-0.39, 0.29) is 72.7 Å². The van der Waals surface area contributed by atoms with Crippen LogP contribution in [0, 0.1) is 34.3 Å². The van der Waals surface area contributed by atoms with Crippen LogP contribution in [0.15, 0.2) is 18.2 Å². The summed E-state index contributed by atoms with van der Waals surface area (Å²) in [6, 6.07) is 6.14. The third-order valence-corrected chi connectivity index (χ3v) is 13.2. The first-order chi connectivity index (χ1) is 25.0. The van der Waals surface area contributed by atoms with Crippen LogP contribution in [0.4, 0.5) is 28.4 Å². The van der Waals surface area contributed by atoms with E-state index < -0.39 is 35.4 Å². The number of rotatable bonds is 6. The molecule has 1 aliphatic carbocycles. The monoisotopic (exact) mass is 753 g/mol. The fourth-order valence-electron chi connectivity index (χ4n) is 9.25. The van der Waals surface area contributed by atoms with Crippen molar-refractivity contribution in [1.82, 2.24) is 19.8 Å². The van der Waals surface area contributed by atoms with Crippen LogP contribution in [0.25, 0.3) is 32.1 Å². The van der Waals surface area contributed by atoms with Gasteiger partial charge in [-0.3, -0.25) is 9.69 Å². The van der Waals surface area contributed by atoms with Crippen LogP contribution in [-0.2, 0) is 4.79 Å². The van der Waals surface area contributed by atoms with Crippen molar-refractivity contribution in [2.75, 3.05) is 56.5 Å². The lowest BCUT2D eigenvalue weighted by atomic mass is 9.75. The lowest BCUT2D eigenvalue weighted by molar-refractivity contribution is -0.145. The number of aromatic nitrogens is 2. The lowest BCUT2D eigenvalue weighted by Gasteiger charge is -2.51. The number of carbonyl (C=O) groups excluding carboxylic acids is 1. The van der Waals surface area contributed by atoms with Crippen molar-refractivity contribution < 1.29 is 27.1 Å². The number of nitrogens with zero attached hydrogens (tertiary/aromatic N) is 6. The molecule has 0 bridgehead atoms. The molecule has 4 saturated heterocycles. The number of thiophene rings is 1. The van der Waals surface area contributed by atoms with Gasteiger partial charge in [-0.05, 0) is 56.3 Å². The van der Waals surface area contributed by atoms with E-state index in [2.05, 4.69) is 14.8 Å². The van der Waals surface area contributed by atoms with Gasteiger partial charge in [-0.25, -0.2) is 17.6 Å². The van der Waals surface area contributed by atoms with Gasteiger partial charge in [0.25, 0.3) is 0 Å². The van der Waals surface area contributed by atoms with Gasteiger partial charge in [0.1, 0.15) is 47.2 Å². The fraction of sp³-hybridized carbons (Fsp3) is 0.514. The molecule has 2 aromatic carbocycles. The third-order valence-electron chi connectivity index (χ3n) is 11.9. The van der Waals surface area contributed by atoms with Crippen LogP contribution < -0.4 is 15.4 Å². The minimum Gasteiger partial charge on any atom is -0.461 e. The van der Waals surface area contributed by atoms with Crippen LogP contribution in [0.3, 0.4) is 0 Å². The Balaban J connectivity index is 1.15. The van der Waals surface area contributed by atoms with E-state index in [4.69, 9.17) is 27.1 Å². The number of alkyl halides is 2. The maximum absolute atomic E-state index is 17.2. The standard InChI is InChI=1S/C37H36ClF4N7O2S/c38-24-10-22-30(29(42)28(24)20-4-5-25(40)31-27(20)23(13-43)32(44)52-31)45-35(51-18-37-7-3-9-49(37)14-19(39)12-37)46-33(22)47-8-2-1-6-36(15-47)16-48(17-36)34(50)21-11-26(21)41/h4-5,10,19,21,26H,1-3,6-9,11-12,14-18,44H2/t19-,21+,26-,37+/m1/s1. The van der Waals surface area contributed by atoms with Gasteiger partial charge in [-0.1, -0.05) is 24.1 Å². The highest BCUT2D eigenvalue weighted by Gasteiger charge is 2.53. The maximum atomic E-state index is 17.2. The van der Waals surface area contributed by atoms with Gasteiger partial charge in [-0.15, -0.1) is 11.3 Å². The molecule has 52 heavy (non-hydrogen) atoms. The van der Waals surface area contributed by atoms with Crippen molar-refractivity contribution in [2.24, 2.45) is 11.3 Å². The summed E-state index contributed by atoms with van der Waals surface area (Å²) in [5.41, 5.74) is 5.45. The summed E-state index contributed by atoms with van der Waals surface area (Å²) in [7, 11) is 0.